The van der Waals surface area contributed by atoms with Crippen LogP contribution in [0.2, 0.25) is 0 Å². The predicted molar refractivity (Wildman–Crippen MR) is 55.5 cm³/mol. The van der Waals surface area contributed by atoms with Crippen LogP contribution in [0.25, 0.3) is 6.08 Å². The lowest BCUT2D eigenvalue weighted by atomic mass is 10.1. The van der Waals surface area contributed by atoms with Crippen LogP contribution in [-0.2, 0) is 0 Å². The molecule has 5 heteroatoms. The zero-order valence-corrected chi connectivity index (χ0v) is 8.75. The lowest BCUT2D eigenvalue weighted by Crippen LogP contribution is -1.93. The molecule has 0 unspecified atom stereocenters. The maximum absolute atomic E-state index is 13.3. The normalized spacial score (nSPS) is 11.1. The molecule has 0 saturated heterocycles. The predicted octanol–water partition coefficient (Wildman–Crippen LogP) is 1.97. The fourth-order valence-corrected chi connectivity index (χ4v) is 1.47. The van der Waals surface area contributed by atoms with Gasteiger partial charge in [0.05, 0.1) is 0 Å². The van der Waals surface area contributed by atoms with Gasteiger partial charge >= 0.3 is 0 Å². The first-order valence-corrected chi connectivity index (χ1v) is 4.63. The van der Waals surface area contributed by atoms with Crippen LogP contribution in [0, 0.1) is 5.82 Å². The maximum atomic E-state index is 13.3. The zero-order chi connectivity index (χ0) is 10.7. The van der Waals surface area contributed by atoms with Gasteiger partial charge in [-0.3, -0.25) is 0 Å². The molecule has 1 rings (SSSR count). The molecule has 0 heterocycles. The highest BCUT2D eigenvalue weighted by Gasteiger charge is 2.13. The molecule has 0 spiro atoms. The molecule has 0 bridgehead atoms. The molecule has 1 aromatic rings. The van der Waals surface area contributed by atoms with Gasteiger partial charge in [0.1, 0.15) is 0 Å². The van der Waals surface area contributed by atoms with Crippen LogP contribution in [0.15, 0.2) is 16.6 Å². The molecule has 0 saturated carbocycles. The number of rotatable bonds is 2. The Labute approximate surface area is 88.8 Å². The van der Waals surface area contributed by atoms with Crippen molar-refractivity contribution in [2.75, 3.05) is 6.54 Å². The highest BCUT2D eigenvalue weighted by Crippen LogP contribution is 2.35. The number of hydrogen-bond acceptors (Lipinski definition) is 3. The van der Waals surface area contributed by atoms with Gasteiger partial charge in [-0.25, -0.2) is 4.39 Å². The smallest absolute Gasteiger partial charge is 0.194 e. The fraction of sp³-hybridized carbons (Fsp3) is 0.111. The maximum Gasteiger partial charge on any atom is 0.194 e. The van der Waals surface area contributed by atoms with Gasteiger partial charge in [-0.1, -0.05) is 12.2 Å². The molecule has 0 aliphatic rings. The summed E-state index contributed by atoms with van der Waals surface area (Å²) in [6.07, 6.45) is 2.97. The number of aromatic hydroxyl groups is 2. The van der Waals surface area contributed by atoms with Crippen molar-refractivity contribution in [3.8, 4) is 11.5 Å². The Balaban J connectivity index is 3.29. The summed E-state index contributed by atoms with van der Waals surface area (Å²) >= 11 is 3.06. The average molecular weight is 262 g/mol. The summed E-state index contributed by atoms with van der Waals surface area (Å²) in [4.78, 5) is 0. The number of hydrogen-bond donors (Lipinski definition) is 3. The van der Waals surface area contributed by atoms with Gasteiger partial charge in [0, 0.05) is 16.6 Å². The Kier molecular flexibility index (Phi) is 3.49. The van der Waals surface area contributed by atoms with Crippen LogP contribution in [0.5, 0.6) is 11.5 Å². The third-order valence-corrected chi connectivity index (χ3v) is 2.28. The van der Waals surface area contributed by atoms with Crippen molar-refractivity contribution >= 4 is 22.0 Å². The van der Waals surface area contributed by atoms with E-state index in [1.165, 1.54) is 12.1 Å². The summed E-state index contributed by atoms with van der Waals surface area (Å²) in [5.74, 6) is -2.13. The summed E-state index contributed by atoms with van der Waals surface area (Å²) in [5, 5.41) is 18.2. The third-order valence-electron chi connectivity index (χ3n) is 1.63. The summed E-state index contributed by atoms with van der Waals surface area (Å²) < 4.78 is 13.7. The minimum atomic E-state index is -0.874. The van der Waals surface area contributed by atoms with Crippen LogP contribution < -0.4 is 5.73 Å². The van der Waals surface area contributed by atoms with E-state index in [4.69, 9.17) is 15.9 Å². The first-order chi connectivity index (χ1) is 6.57. The fourth-order valence-electron chi connectivity index (χ4n) is 0.950. The number of phenolic OH excluding ortho intramolecular Hbond substituents is 2. The topological polar surface area (TPSA) is 66.5 Å². The number of halogens is 2. The molecule has 3 nitrogen and oxygen atoms in total. The molecule has 0 amide bonds. The van der Waals surface area contributed by atoms with E-state index in [-0.39, 0.29) is 12.1 Å². The Hall–Kier alpha value is -1.07. The molecule has 0 aromatic heterocycles. The highest BCUT2D eigenvalue weighted by atomic mass is 79.9. The summed E-state index contributed by atoms with van der Waals surface area (Å²) in [6.45, 7) is 0.271. The van der Waals surface area contributed by atoms with Crippen molar-refractivity contribution in [2.45, 2.75) is 0 Å². The minimum absolute atomic E-state index is 0.158. The Morgan fingerprint density at radius 2 is 2.14 bits per heavy atom. The van der Waals surface area contributed by atoms with Crippen molar-refractivity contribution in [2.24, 2.45) is 5.73 Å². The van der Waals surface area contributed by atoms with E-state index in [0.29, 0.717) is 4.47 Å². The second-order valence-corrected chi connectivity index (χ2v) is 3.45. The van der Waals surface area contributed by atoms with E-state index in [2.05, 4.69) is 15.9 Å². The van der Waals surface area contributed by atoms with E-state index < -0.39 is 17.3 Å². The lowest BCUT2D eigenvalue weighted by Gasteiger charge is -2.05. The molecule has 0 radical (unpaired) electrons. The monoisotopic (exact) mass is 261 g/mol. The Morgan fingerprint density at radius 3 is 2.71 bits per heavy atom. The quantitative estimate of drug-likeness (QED) is 0.714. The van der Waals surface area contributed by atoms with Crippen molar-refractivity contribution in [3.05, 3.63) is 28.0 Å². The molecule has 0 aliphatic carbocycles. The van der Waals surface area contributed by atoms with Gasteiger partial charge in [0.15, 0.2) is 17.3 Å². The average Bonchev–Trinajstić information content (AvgIpc) is 2.14. The number of benzene rings is 1. The molecule has 76 valence electrons. The van der Waals surface area contributed by atoms with Crippen molar-refractivity contribution in [1.82, 2.24) is 0 Å². The van der Waals surface area contributed by atoms with Crippen molar-refractivity contribution < 1.29 is 14.6 Å². The van der Waals surface area contributed by atoms with Crippen LogP contribution in [0.4, 0.5) is 4.39 Å². The van der Waals surface area contributed by atoms with E-state index in [0.717, 1.165) is 0 Å². The van der Waals surface area contributed by atoms with Gasteiger partial charge in [-0.05, 0) is 22.0 Å². The van der Waals surface area contributed by atoms with Crippen molar-refractivity contribution in [1.29, 1.82) is 0 Å². The van der Waals surface area contributed by atoms with Gasteiger partial charge in [0.2, 0.25) is 0 Å². The number of phenols is 2. The number of nitrogens with two attached hydrogens (primary N) is 1. The van der Waals surface area contributed by atoms with Crippen molar-refractivity contribution in [3.63, 3.8) is 0 Å². The second-order valence-electron chi connectivity index (χ2n) is 2.59. The summed E-state index contributed by atoms with van der Waals surface area (Å²) in [5.41, 5.74) is 5.37. The summed E-state index contributed by atoms with van der Waals surface area (Å²) in [7, 11) is 0. The summed E-state index contributed by atoms with van der Waals surface area (Å²) in [6, 6.07) is 1.22. The van der Waals surface area contributed by atoms with E-state index in [9.17, 15) is 4.39 Å². The minimum Gasteiger partial charge on any atom is -0.504 e. The van der Waals surface area contributed by atoms with Gasteiger partial charge in [-0.2, -0.15) is 0 Å². The van der Waals surface area contributed by atoms with E-state index >= 15 is 0 Å². The molecular weight excluding hydrogens is 253 g/mol. The van der Waals surface area contributed by atoms with Crippen LogP contribution in [-0.4, -0.2) is 16.8 Å². The third kappa shape index (κ3) is 2.05. The Bertz CT molecular complexity index is 380. The molecule has 14 heavy (non-hydrogen) atoms. The van der Waals surface area contributed by atoms with E-state index in [1.807, 2.05) is 0 Å². The molecule has 0 aliphatic heterocycles. The second kappa shape index (κ2) is 4.43. The SMILES string of the molecule is NC/C=C/c1c(Br)cc(O)c(O)c1F. The van der Waals surface area contributed by atoms with Gasteiger partial charge < -0.3 is 15.9 Å². The van der Waals surface area contributed by atoms with Gasteiger partial charge in [-0.15, -0.1) is 0 Å². The van der Waals surface area contributed by atoms with Crippen LogP contribution in [0.1, 0.15) is 5.56 Å². The van der Waals surface area contributed by atoms with Gasteiger partial charge in [0.25, 0.3) is 0 Å². The lowest BCUT2D eigenvalue weighted by molar-refractivity contribution is 0.378. The zero-order valence-electron chi connectivity index (χ0n) is 7.17. The molecular formula is C9H9BrFNO2. The molecule has 0 atom stereocenters. The van der Waals surface area contributed by atoms with E-state index in [1.54, 1.807) is 6.08 Å². The molecule has 4 N–H and O–H groups in total. The largest absolute Gasteiger partial charge is 0.504 e. The Morgan fingerprint density at radius 1 is 1.50 bits per heavy atom. The standard InChI is InChI=1S/C9H9BrFNO2/c10-6-4-7(13)9(14)8(11)5(6)2-1-3-12/h1-2,4,13-14H,3,12H2/b2-1+. The molecule has 0 fully saturated rings. The first-order valence-electron chi connectivity index (χ1n) is 3.84. The highest BCUT2D eigenvalue weighted by molar-refractivity contribution is 9.10. The van der Waals surface area contributed by atoms with Crippen LogP contribution in [0.3, 0.4) is 0 Å². The van der Waals surface area contributed by atoms with Crippen LogP contribution >= 0.6 is 15.9 Å². The molecule has 1 aromatic carbocycles. The first kappa shape index (κ1) is 11.0.